The number of aromatic hydroxyl groups is 1. The van der Waals surface area contributed by atoms with E-state index < -0.39 is 8.07 Å². The van der Waals surface area contributed by atoms with Crippen LogP contribution in [0.5, 0.6) is 5.75 Å². The van der Waals surface area contributed by atoms with Gasteiger partial charge in [-0.3, -0.25) is 4.99 Å². The lowest BCUT2D eigenvalue weighted by Crippen LogP contribution is -2.26. The Morgan fingerprint density at radius 3 is 2.63 bits per heavy atom. The van der Waals surface area contributed by atoms with Crippen LogP contribution < -0.4 is 0 Å². The molecule has 19 heavy (non-hydrogen) atoms. The van der Waals surface area contributed by atoms with Gasteiger partial charge in [-0.05, 0) is 36.9 Å². The Morgan fingerprint density at radius 1 is 1.26 bits per heavy atom. The van der Waals surface area contributed by atoms with Crippen molar-refractivity contribution in [2.24, 2.45) is 4.99 Å². The van der Waals surface area contributed by atoms with E-state index in [0.717, 1.165) is 16.7 Å². The molecule has 0 aromatic heterocycles. The summed E-state index contributed by atoms with van der Waals surface area (Å²) in [6.07, 6.45) is 5.63. The molecule has 0 heterocycles. The third-order valence-corrected chi connectivity index (χ3v) is 7.30. The first kappa shape index (κ1) is 14.3. The highest BCUT2D eigenvalue weighted by molar-refractivity contribution is 6.77. The molecule has 2 nitrogen and oxygen atoms in total. The second-order valence-electron chi connectivity index (χ2n) is 6.82. The van der Waals surface area contributed by atoms with Gasteiger partial charge in [0.2, 0.25) is 0 Å². The summed E-state index contributed by atoms with van der Waals surface area (Å²) in [5.74, 6) is 0.367. The Labute approximate surface area is 117 Å². The van der Waals surface area contributed by atoms with Crippen molar-refractivity contribution in [2.75, 3.05) is 0 Å². The predicted molar refractivity (Wildman–Crippen MR) is 85.2 cm³/mol. The van der Waals surface area contributed by atoms with E-state index in [9.17, 15) is 5.11 Å². The highest BCUT2D eigenvalue weighted by Crippen LogP contribution is 2.39. The fraction of sp³-hybridized carbons (Fsp3) is 0.562. The number of benzene rings is 1. The van der Waals surface area contributed by atoms with Crippen molar-refractivity contribution < 1.29 is 5.11 Å². The normalized spacial score (nSPS) is 24.2. The van der Waals surface area contributed by atoms with Crippen molar-refractivity contribution in [3.05, 3.63) is 29.3 Å². The summed E-state index contributed by atoms with van der Waals surface area (Å²) in [6, 6.07) is 6.27. The second-order valence-corrected chi connectivity index (χ2v) is 12.4. The van der Waals surface area contributed by atoms with Gasteiger partial charge in [0.1, 0.15) is 5.75 Å². The molecule has 0 spiro atoms. The standard InChI is InChI=1S/C16H25NOSi/c1-12-6-5-7-13(16(12)18)11-17-14-8-9-15(10-14)19(2,3)4/h5-7,11,14-15,18H,8-10H2,1-4H3. The molecule has 1 aromatic carbocycles. The summed E-state index contributed by atoms with van der Waals surface area (Å²) < 4.78 is 0. The Hall–Kier alpha value is -1.09. The van der Waals surface area contributed by atoms with E-state index in [2.05, 4.69) is 19.6 Å². The van der Waals surface area contributed by atoms with Crippen LogP contribution in [0.25, 0.3) is 0 Å². The minimum atomic E-state index is -1.02. The number of phenolic OH excluding ortho intramolecular Hbond substituents is 1. The minimum Gasteiger partial charge on any atom is -0.507 e. The Morgan fingerprint density at radius 2 is 2.00 bits per heavy atom. The van der Waals surface area contributed by atoms with E-state index in [-0.39, 0.29) is 0 Å². The van der Waals surface area contributed by atoms with Gasteiger partial charge >= 0.3 is 0 Å². The quantitative estimate of drug-likeness (QED) is 0.644. The van der Waals surface area contributed by atoms with Gasteiger partial charge in [-0.25, -0.2) is 0 Å². The summed E-state index contributed by atoms with van der Waals surface area (Å²) in [5, 5.41) is 9.97. The van der Waals surface area contributed by atoms with E-state index in [1.807, 2.05) is 31.3 Å². The fourth-order valence-corrected chi connectivity index (χ4v) is 4.86. The maximum atomic E-state index is 9.97. The van der Waals surface area contributed by atoms with Gasteiger partial charge in [0, 0.05) is 25.9 Å². The summed E-state index contributed by atoms with van der Waals surface area (Å²) >= 11 is 0. The van der Waals surface area contributed by atoms with Gasteiger partial charge in [-0.1, -0.05) is 38.2 Å². The first-order valence-electron chi connectivity index (χ1n) is 7.19. The fourth-order valence-electron chi connectivity index (χ4n) is 2.85. The van der Waals surface area contributed by atoms with Crippen LogP contribution in [0.15, 0.2) is 23.2 Å². The van der Waals surface area contributed by atoms with Crippen LogP contribution >= 0.6 is 0 Å². The number of para-hydroxylation sites is 1. The number of aliphatic imine (C=N–C) groups is 1. The third-order valence-electron chi connectivity index (χ3n) is 4.32. The highest BCUT2D eigenvalue weighted by Gasteiger charge is 2.33. The Bertz CT molecular complexity index is 476. The smallest absolute Gasteiger partial charge is 0.127 e. The molecule has 1 aromatic rings. The van der Waals surface area contributed by atoms with Crippen molar-refractivity contribution in [1.82, 2.24) is 0 Å². The lowest BCUT2D eigenvalue weighted by atomic mass is 10.1. The largest absolute Gasteiger partial charge is 0.507 e. The van der Waals surface area contributed by atoms with Crippen molar-refractivity contribution in [3.8, 4) is 5.75 Å². The maximum Gasteiger partial charge on any atom is 0.127 e. The van der Waals surface area contributed by atoms with Crippen molar-refractivity contribution in [3.63, 3.8) is 0 Å². The number of aryl methyl sites for hydroxylation is 1. The first-order valence-corrected chi connectivity index (χ1v) is 10.8. The molecule has 2 rings (SSSR count). The van der Waals surface area contributed by atoms with E-state index >= 15 is 0 Å². The Balaban J connectivity index is 2.03. The van der Waals surface area contributed by atoms with Crippen LogP contribution in [0.2, 0.25) is 25.2 Å². The minimum absolute atomic E-state index is 0.367. The van der Waals surface area contributed by atoms with Gasteiger partial charge in [-0.15, -0.1) is 0 Å². The van der Waals surface area contributed by atoms with Crippen LogP contribution in [-0.2, 0) is 0 Å². The van der Waals surface area contributed by atoms with Gasteiger partial charge in [0.25, 0.3) is 0 Å². The lowest BCUT2D eigenvalue weighted by Gasteiger charge is -2.24. The second kappa shape index (κ2) is 5.49. The first-order chi connectivity index (χ1) is 8.88. The molecule has 1 fully saturated rings. The lowest BCUT2D eigenvalue weighted by molar-refractivity contribution is 0.470. The van der Waals surface area contributed by atoms with Gasteiger partial charge in [0.15, 0.2) is 0 Å². The molecule has 0 saturated heterocycles. The predicted octanol–water partition coefficient (Wildman–Crippen LogP) is 4.38. The topological polar surface area (TPSA) is 32.6 Å². The molecule has 1 N–H and O–H groups in total. The molecular weight excluding hydrogens is 250 g/mol. The van der Waals surface area contributed by atoms with Gasteiger partial charge < -0.3 is 5.11 Å². The summed E-state index contributed by atoms with van der Waals surface area (Å²) in [7, 11) is -1.02. The van der Waals surface area contributed by atoms with Crippen molar-refractivity contribution in [1.29, 1.82) is 0 Å². The number of rotatable bonds is 3. The molecule has 0 radical (unpaired) electrons. The molecule has 1 aliphatic rings. The number of phenols is 1. The van der Waals surface area contributed by atoms with Crippen molar-refractivity contribution in [2.45, 2.75) is 57.4 Å². The molecule has 2 atom stereocenters. The zero-order valence-corrected chi connectivity index (χ0v) is 13.5. The van der Waals surface area contributed by atoms with Gasteiger partial charge in [-0.2, -0.15) is 0 Å². The summed E-state index contributed by atoms with van der Waals surface area (Å²) in [4.78, 5) is 4.70. The molecule has 0 amide bonds. The molecular formula is C16H25NOSi. The molecule has 0 bridgehead atoms. The van der Waals surface area contributed by atoms with E-state index in [1.165, 1.54) is 19.3 Å². The van der Waals surface area contributed by atoms with Crippen LogP contribution in [0.4, 0.5) is 0 Å². The average molecular weight is 275 g/mol. The average Bonchev–Trinajstić information content (AvgIpc) is 2.79. The van der Waals surface area contributed by atoms with Crippen LogP contribution in [0.1, 0.15) is 30.4 Å². The van der Waals surface area contributed by atoms with E-state index in [0.29, 0.717) is 11.8 Å². The molecule has 1 saturated carbocycles. The highest BCUT2D eigenvalue weighted by atomic mass is 28.3. The van der Waals surface area contributed by atoms with Gasteiger partial charge in [0.05, 0.1) is 0 Å². The van der Waals surface area contributed by atoms with Crippen LogP contribution in [0.3, 0.4) is 0 Å². The van der Waals surface area contributed by atoms with E-state index in [4.69, 9.17) is 4.99 Å². The number of hydrogen-bond donors (Lipinski definition) is 1. The molecule has 2 unspecified atom stereocenters. The molecule has 3 heteroatoms. The van der Waals surface area contributed by atoms with E-state index in [1.54, 1.807) is 0 Å². The summed E-state index contributed by atoms with van der Waals surface area (Å²) in [5.41, 5.74) is 2.66. The van der Waals surface area contributed by atoms with Crippen molar-refractivity contribution >= 4 is 14.3 Å². The third kappa shape index (κ3) is 3.47. The molecule has 104 valence electrons. The zero-order chi connectivity index (χ0) is 14.0. The maximum absolute atomic E-state index is 9.97. The zero-order valence-electron chi connectivity index (χ0n) is 12.5. The van der Waals surface area contributed by atoms with Crippen LogP contribution in [-0.4, -0.2) is 25.4 Å². The number of hydrogen-bond acceptors (Lipinski definition) is 2. The Kier molecular flexibility index (Phi) is 4.14. The molecule has 1 aliphatic carbocycles. The summed E-state index contributed by atoms with van der Waals surface area (Å²) in [6.45, 7) is 9.28. The SMILES string of the molecule is Cc1cccc(C=NC2CCC([Si](C)(C)C)C2)c1O. The van der Waals surface area contributed by atoms with Crippen LogP contribution in [0, 0.1) is 6.92 Å². The monoisotopic (exact) mass is 275 g/mol. The molecule has 0 aliphatic heterocycles. The number of nitrogens with zero attached hydrogens (tertiary/aromatic N) is 1.